The third kappa shape index (κ3) is 4.80. The summed E-state index contributed by atoms with van der Waals surface area (Å²) in [5.74, 6) is -0.127. The van der Waals surface area contributed by atoms with Crippen LogP contribution in [0.25, 0.3) is 15.7 Å². The molecule has 3 aromatic carbocycles. The second kappa shape index (κ2) is 7.86. The molecule has 6 nitrogen and oxygen atoms in total. The molecule has 0 aliphatic carbocycles. The van der Waals surface area contributed by atoms with Gasteiger partial charge in [0.2, 0.25) is 11.1 Å². The lowest BCUT2D eigenvalue weighted by atomic mass is 9.72. The zero-order valence-corrected chi connectivity index (χ0v) is 19.2. The number of hydrogen-bond donors (Lipinski definition) is 1. The summed E-state index contributed by atoms with van der Waals surface area (Å²) in [6, 6.07) is 14.5. The first-order valence-electron chi connectivity index (χ1n) is 9.99. The molecule has 0 heterocycles. The van der Waals surface area contributed by atoms with Gasteiger partial charge in [-0.25, -0.2) is 0 Å². The maximum atomic E-state index is 13.0. The minimum Gasteiger partial charge on any atom is -0.501 e. The van der Waals surface area contributed by atoms with Crippen LogP contribution in [0.2, 0.25) is 0 Å². The van der Waals surface area contributed by atoms with Crippen molar-refractivity contribution in [1.29, 1.82) is 5.39 Å². The molecule has 3 aromatic rings. The molecule has 1 N–H and O–H groups in total. The van der Waals surface area contributed by atoms with Crippen LogP contribution in [0.3, 0.4) is 0 Å². The van der Waals surface area contributed by atoms with Crippen LogP contribution in [0.4, 0.5) is 5.69 Å². The van der Waals surface area contributed by atoms with Gasteiger partial charge < -0.3 is 9.29 Å². The van der Waals surface area contributed by atoms with Crippen molar-refractivity contribution in [3.8, 4) is 11.5 Å². The predicted octanol–water partition coefficient (Wildman–Crippen LogP) is 6.51. The van der Waals surface area contributed by atoms with E-state index >= 15 is 0 Å². The summed E-state index contributed by atoms with van der Waals surface area (Å²) in [7, 11) is -4.25. The van der Waals surface area contributed by atoms with Gasteiger partial charge in [-0.1, -0.05) is 71.0 Å². The Bertz CT molecular complexity index is 1270. The number of hydrogen-bond acceptors (Lipinski definition) is 5. The molecule has 0 amide bonds. The SMILES string of the molecule is CC(C)(C)CC(C)(C)c1ccc(OS(=O)(=O)c2cc([N+]#N)c(O)c3ccccc23)cc1. The summed E-state index contributed by atoms with van der Waals surface area (Å²) < 4.78 is 31.4. The van der Waals surface area contributed by atoms with Gasteiger partial charge in [0.25, 0.3) is 0 Å². The molecule has 0 fully saturated rings. The minimum atomic E-state index is -4.25. The second-order valence-electron chi connectivity index (χ2n) is 9.57. The molecule has 3 rings (SSSR count). The number of nitrogens with zero attached hydrogens (tertiary/aromatic N) is 2. The highest BCUT2D eigenvalue weighted by atomic mass is 32.2. The minimum absolute atomic E-state index is 0.0830. The fraction of sp³-hybridized carbons (Fsp3) is 0.333. The lowest BCUT2D eigenvalue weighted by molar-refractivity contribution is 0.284. The van der Waals surface area contributed by atoms with Crippen molar-refractivity contribution < 1.29 is 17.7 Å². The fourth-order valence-corrected chi connectivity index (χ4v) is 5.31. The van der Waals surface area contributed by atoms with Crippen LogP contribution in [-0.2, 0) is 15.5 Å². The molecular formula is C24H27N2O4S+. The van der Waals surface area contributed by atoms with Crippen LogP contribution in [0, 0.1) is 10.8 Å². The lowest BCUT2D eigenvalue weighted by Gasteiger charge is -2.33. The number of phenols is 1. The fourth-order valence-electron chi connectivity index (χ4n) is 4.16. The van der Waals surface area contributed by atoms with Crippen molar-refractivity contribution in [3.05, 3.63) is 65.1 Å². The highest BCUT2D eigenvalue weighted by Crippen LogP contribution is 2.40. The predicted molar refractivity (Wildman–Crippen MR) is 122 cm³/mol. The van der Waals surface area contributed by atoms with Gasteiger partial charge in [-0.2, -0.15) is 8.42 Å². The lowest BCUT2D eigenvalue weighted by Crippen LogP contribution is -2.24. The average Bonchev–Trinajstić information content (AvgIpc) is 2.66. The van der Waals surface area contributed by atoms with Gasteiger partial charge in [0, 0.05) is 10.8 Å². The molecule has 0 aromatic heterocycles. The summed E-state index contributed by atoms with van der Waals surface area (Å²) in [4.78, 5) is 2.81. The average molecular weight is 440 g/mol. The molecular weight excluding hydrogens is 412 g/mol. The van der Waals surface area contributed by atoms with Crippen LogP contribution >= 0.6 is 0 Å². The first kappa shape index (κ1) is 22.6. The Morgan fingerprint density at radius 2 is 1.55 bits per heavy atom. The Morgan fingerprint density at radius 3 is 2.10 bits per heavy atom. The van der Waals surface area contributed by atoms with Gasteiger partial charge in [-0.15, -0.1) is 0 Å². The van der Waals surface area contributed by atoms with E-state index in [9.17, 15) is 18.9 Å². The standard InChI is InChI=1S/C24H26N2O4S/c1-23(2,3)15-24(4,5)16-10-12-17(13-11-16)30-31(28,29)21-14-20(26-25)22(27)19-9-7-6-8-18(19)21/h6-14H,15H2,1-5H3/p+1. The van der Waals surface area contributed by atoms with Gasteiger partial charge in [0.1, 0.15) is 10.6 Å². The molecule has 7 heteroatoms. The molecule has 0 atom stereocenters. The van der Waals surface area contributed by atoms with E-state index < -0.39 is 10.1 Å². The number of phenolic OH excluding ortho intramolecular Hbond substituents is 1. The monoisotopic (exact) mass is 439 g/mol. The topological polar surface area (TPSA) is 91.8 Å². The third-order valence-electron chi connectivity index (χ3n) is 5.15. The van der Waals surface area contributed by atoms with Crippen LogP contribution in [0.5, 0.6) is 11.5 Å². The molecule has 31 heavy (non-hydrogen) atoms. The van der Waals surface area contributed by atoms with Gasteiger partial charge in [0.05, 0.1) is 6.07 Å². The Labute approximate surface area is 183 Å². The summed E-state index contributed by atoms with van der Waals surface area (Å²) >= 11 is 0. The van der Waals surface area contributed by atoms with Gasteiger partial charge in [-0.3, -0.25) is 0 Å². The van der Waals surface area contributed by atoms with E-state index in [2.05, 4.69) is 39.6 Å². The second-order valence-corrected chi connectivity index (χ2v) is 11.1. The molecule has 0 spiro atoms. The van der Waals surface area contributed by atoms with Gasteiger partial charge >= 0.3 is 15.8 Å². The molecule has 0 bridgehead atoms. The highest BCUT2D eigenvalue weighted by molar-refractivity contribution is 7.87. The number of aromatic hydroxyl groups is 1. The maximum Gasteiger partial charge on any atom is 0.428 e. The Morgan fingerprint density at radius 1 is 0.968 bits per heavy atom. The van der Waals surface area contributed by atoms with E-state index in [1.54, 1.807) is 36.4 Å². The Kier molecular flexibility index (Phi) is 5.72. The summed E-state index contributed by atoms with van der Waals surface area (Å²) in [5, 5.41) is 19.9. The van der Waals surface area contributed by atoms with Gasteiger partial charge in [-0.05, 0) is 34.9 Å². The molecule has 0 radical (unpaired) electrons. The number of diazo groups is 1. The maximum absolute atomic E-state index is 13.0. The van der Waals surface area contributed by atoms with Crippen molar-refractivity contribution in [2.24, 2.45) is 5.41 Å². The number of rotatable bonds is 5. The van der Waals surface area contributed by atoms with Crippen molar-refractivity contribution in [1.82, 2.24) is 0 Å². The van der Waals surface area contributed by atoms with Crippen molar-refractivity contribution in [2.45, 2.75) is 51.3 Å². The molecule has 0 saturated heterocycles. The summed E-state index contributed by atoms with van der Waals surface area (Å²) in [5.41, 5.74) is 0.904. The quantitative estimate of drug-likeness (QED) is 0.361. The Balaban J connectivity index is 1.97. The molecule has 162 valence electrons. The van der Waals surface area contributed by atoms with E-state index in [0.717, 1.165) is 18.1 Å². The highest BCUT2D eigenvalue weighted by Gasteiger charge is 2.29. The van der Waals surface area contributed by atoms with Crippen LogP contribution in [0.15, 0.2) is 59.5 Å². The van der Waals surface area contributed by atoms with Crippen molar-refractivity contribution in [2.75, 3.05) is 0 Å². The number of fused-ring (bicyclic) bond motifs is 1. The summed E-state index contributed by atoms with van der Waals surface area (Å²) in [6.07, 6.45) is 0.964. The van der Waals surface area contributed by atoms with E-state index in [4.69, 9.17) is 4.18 Å². The van der Waals surface area contributed by atoms with Crippen LogP contribution in [-0.4, -0.2) is 13.5 Å². The van der Waals surface area contributed by atoms with Gasteiger partial charge in [0.15, 0.2) is 4.98 Å². The normalized spacial score (nSPS) is 12.5. The molecule has 0 aliphatic heterocycles. The molecule has 0 saturated carbocycles. The third-order valence-corrected chi connectivity index (χ3v) is 6.44. The van der Waals surface area contributed by atoms with Crippen LogP contribution in [0.1, 0.15) is 46.6 Å². The van der Waals surface area contributed by atoms with Crippen molar-refractivity contribution >= 4 is 26.6 Å². The Hall–Kier alpha value is -3.11. The first-order valence-corrected chi connectivity index (χ1v) is 11.4. The largest absolute Gasteiger partial charge is 0.501 e. The van der Waals surface area contributed by atoms with Crippen molar-refractivity contribution in [3.63, 3.8) is 0 Å². The number of benzene rings is 3. The van der Waals surface area contributed by atoms with E-state index in [1.165, 1.54) is 0 Å². The van der Waals surface area contributed by atoms with Crippen LogP contribution < -0.4 is 4.18 Å². The first-order chi connectivity index (χ1) is 14.3. The molecule has 0 unspecified atom stereocenters. The zero-order chi connectivity index (χ0) is 23.0. The zero-order valence-electron chi connectivity index (χ0n) is 18.4. The van der Waals surface area contributed by atoms with E-state index in [0.29, 0.717) is 0 Å². The van der Waals surface area contributed by atoms with E-state index in [1.807, 2.05) is 12.1 Å². The van der Waals surface area contributed by atoms with E-state index in [-0.39, 0.29) is 43.7 Å². The molecule has 0 aliphatic rings. The smallest absolute Gasteiger partial charge is 0.428 e. The summed E-state index contributed by atoms with van der Waals surface area (Å²) in [6.45, 7) is 10.9.